The quantitative estimate of drug-likeness (QED) is 0.179. The molecule has 1 heterocycles. The van der Waals surface area contributed by atoms with Crippen LogP contribution in [-0.4, -0.2) is 103 Å². The van der Waals surface area contributed by atoms with E-state index in [0.29, 0.717) is 0 Å². The predicted molar refractivity (Wildman–Crippen MR) is 84.6 cm³/mol. The second-order valence-electron chi connectivity index (χ2n) is 4.93. The highest BCUT2D eigenvalue weighted by Gasteiger charge is 2.15. The molecule has 0 bridgehead atoms. The topological polar surface area (TPSA) is 196 Å². The van der Waals surface area contributed by atoms with Crippen LogP contribution in [0.1, 0.15) is 0 Å². The van der Waals surface area contributed by atoms with Crippen LogP contribution in [0.2, 0.25) is 0 Å². The van der Waals surface area contributed by atoms with Crippen LogP contribution in [0.5, 0.6) is 0 Å². The lowest BCUT2D eigenvalue weighted by Crippen LogP contribution is -2.32. The largest absolute Gasteiger partial charge is 0.394 e. The van der Waals surface area contributed by atoms with Gasteiger partial charge in [0.15, 0.2) is 0 Å². The van der Waals surface area contributed by atoms with Gasteiger partial charge in [0.1, 0.15) is 0 Å². The van der Waals surface area contributed by atoms with Crippen molar-refractivity contribution in [2.24, 2.45) is 0 Å². The van der Waals surface area contributed by atoms with Gasteiger partial charge in [0, 0.05) is 0 Å². The molecule has 0 atom stereocenters. The zero-order valence-electron chi connectivity index (χ0n) is 13.0. The minimum absolute atomic E-state index is 0.00681. The second-order valence-corrected chi connectivity index (χ2v) is 4.93. The van der Waals surface area contributed by atoms with Crippen LogP contribution < -0.4 is 16.0 Å². The summed E-state index contributed by atoms with van der Waals surface area (Å²) in [4.78, 5) is 12.0. The van der Waals surface area contributed by atoms with Crippen molar-refractivity contribution in [2.45, 2.75) is 18.1 Å². The SMILES string of the molecule is OCC(CO)Nc1nc(NC(CO)CO)nc(NC(CO)CO)n1. The van der Waals surface area contributed by atoms with Gasteiger partial charge in [0.2, 0.25) is 17.8 Å². The minimum atomic E-state index is -0.703. The average Bonchev–Trinajstić information content (AvgIpc) is 2.61. The Labute approximate surface area is 138 Å². The maximum atomic E-state index is 9.11. The third-order valence-corrected chi connectivity index (χ3v) is 2.96. The molecule has 9 N–H and O–H groups in total. The first-order chi connectivity index (χ1) is 11.6. The molecule has 0 aliphatic heterocycles. The Hall–Kier alpha value is -1.83. The van der Waals surface area contributed by atoms with Gasteiger partial charge in [0.25, 0.3) is 0 Å². The number of aromatic nitrogens is 3. The number of rotatable bonds is 12. The summed E-state index contributed by atoms with van der Waals surface area (Å²) >= 11 is 0. The van der Waals surface area contributed by atoms with Crippen LogP contribution in [0.15, 0.2) is 0 Å². The van der Waals surface area contributed by atoms with Crippen LogP contribution in [0.3, 0.4) is 0 Å². The van der Waals surface area contributed by atoms with Crippen molar-refractivity contribution in [3.8, 4) is 0 Å². The highest BCUT2D eigenvalue weighted by molar-refractivity contribution is 5.43. The van der Waals surface area contributed by atoms with E-state index in [-0.39, 0.29) is 57.5 Å². The Morgan fingerprint density at radius 1 is 0.500 bits per heavy atom. The number of nitrogens with one attached hydrogen (secondary N) is 3. The van der Waals surface area contributed by atoms with E-state index in [9.17, 15) is 0 Å². The molecule has 0 aromatic carbocycles. The first kappa shape index (κ1) is 20.2. The normalized spacial score (nSPS) is 11.4. The molecule has 24 heavy (non-hydrogen) atoms. The first-order valence-electron chi connectivity index (χ1n) is 7.30. The summed E-state index contributed by atoms with van der Waals surface area (Å²) in [6.45, 7) is -2.17. The molecule has 12 nitrogen and oxygen atoms in total. The molecule has 1 aromatic heterocycles. The molecule has 138 valence electrons. The molecule has 0 fully saturated rings. The van der Waals surface area contributed by atoms with Gasteiger partial charge in [0.05, 0.1) is 57.8 Å². The molecule has 0 spiro atoms. The van der Waals surface area contributed by atoms with Crippen LogP contribution >= 0.6 is 0 Å². The Kier molecular flexibility index (Phi) is 9.14. The zero-order valence-corrected chi connectivity index (χ0v) is 13.0. The van der Waals surface area contributed by atoms with E-state index in [1.165, 1.54) is 0 Å². The highest BCUT2D eigenvalue weighted by Crippen LogP contribution is 2.12. The first-order valence-corrected chi connectivity index (χ1v) is 7.30. The van der Waals surface area contributed by atoms with Crippen molar-refractivity contribution < 1.29 is 30.6 Å². The van der Waals surface area contributed by atoms with Gasteiger partial charge in [-0.25, -0.2) is 0 Å². The molecule has 1 rings (SSSR count). The molecule has 12 heteroatoms. The molecule has 0 aliphatic rings. The standard InChI is InChI=1S/C12H24N6O6/c19-1-7(2-20)13-10-16-11(14-8(3-21)4-22)18-12(17-10)15-9(5-23)6-24/h7-9,19-24H,1-6H2,(H3,13,14,15,16,17,18). The van der Waals surface area contributed by atoms with Gasteiger partial charge < -0.3 is 46.6 Å². The Morgan fingerprint density at radius 2 is 0.708 bits per heavy atom. The molecule has 0 unspecified atom stereocenters. The van der Waals surface area contributed by atoms with Crippen molar-refractivity contribution in [1.29, 1.82) is 0 Å². The van der Waals surface area contributed by atoms with Gasteiger partial charge in [-0.2, -0.15) is 15.0 Å². The van der Waals surface area contributed by atoms with E-state index in [1.807, 2.05) is 0 Å². The summed E-state index contributed by atoms with van der Waals surface area (Å²) in [5.74, 6) is 0.0204. The zero-order chi connectivity index (χ0) is 17.9. The van der Waals surface area contributed by atoms with Crippen LogP contribution in [-0.2, 0) is 0 Å². The molecule has 1 aromatic rings. The predicted octanol–water partition coefficient (Wildman–Crippen LogP) is -3.83. The lowest BCUT2D eigenvalue weighted by molar-refractivity contribution is 0.203. The number of hydrogen-bond acceptors (Lipinski definition) is 12. The fourth-order valence-corrected chi connectivity index (χ4v) is 1.56. The molecule has 0 aliphatic carbocycles. The lowest BCUT2D eigenvalue weighted by Gasteiger charge is -2.19. The Bertz CT molecular complexity index is 390. The van der Waals surface area contributed by atoms with Gasteiger partial charge >= 0.3 is 0 Å². The maximum Gasteiger partial charge on any atom is 0.229 e. The monoisotopic (exact) mass is 348 g/mol. The van der Waals surface area contributed by atoms with Crippen LogP contribution in [0.4, 0.5) is 17.8 Å². The fraction of sp³-hybridized carbons (Fsp3) is 0.750. The van der Waals surface area contributed by atoms with E-state index in [0.717, 1.165) is 0 Å². The van der Waals surface area contributed by atoms with Crippen LogP contribution in [0.25, 0.3) is 0 Å². The van der Waals surface area contributed by atoms with Gasteiger partial charge in [-0.1, -0.05) is 0 Å². The molecular weight excluding hydrogens is 324 g/mol. The van der Waals surface area contributed by atoms with E-state index < -0.39 is 18.1 Å². The van der Waals surface area contributed by atoms with E-state index >= 15 is 0 Å². The summed E-state index contributed by atoms with van der Waals surface area (Å²) in [6.07, 6.45) is 0. The van der Waals surface area contributed by atoms with Crippen molar-refractivity contribution in [2.75, 3.05) is 55.6 Å². The number of aliphatic hydroxyl groups excluding tert-OH is 6. The lowest BCUT2D eigenvalue weighted by atomic mass is 10.3. The third-order valence-electron chi connectivity index (χ3n) is 2.96. The van der Waals surface area contributed by atoms with Crippen LogP contribution in [0, 0.1) is 0 Å². The van der Waals surface area contributed by atoms with Crippen molar-refractivity contribution in [3.05, 3.63) is 0 Å². The minimum Gasteiger partial charge on any atom is -0.394 e. The number of aliphatic hydroxyl groups is 6. The Balaban J connectivity index is 3.03. The van der Waals surface area contributed by atoms with Crippen molar-refractivity contribution in [1.82, 2.24) is 15.0 Å². The molecule has 0 radical (unpaired) electrons. The third kappa shape index (κ3) is 6.35. The summed E-state index contributed by atoms with van der Waals surface area (Å²) in [6, 6.07) is -2.11. The Morgan fingerprint density at radius 3 is 0.875 bits per heavy atom. The van der Waals surface area contributed by atoms with E-state index in [1.54, 1.807) is 0 Å². The van der Waals surface area contributed by atoms with E-state index in [4.69, 9.17) is 30.6 Å². The summed E-state index contributed by atoms with van der Waals surface area (Å²) in [7, 11) is 0. The summed E-state index contributed by atoms with van der Waals surface area (Å²) < 4.78 is 0. The fourth-order valence-electron chi connectivity index (χ4n) is 1.56. The van der Waals surface area contributed by atoms with Crippen molar-refractivity contribution >= 4 is 17.8 Å². The molecule has 0 amide bonds. The number of anilines is 3. The number of hydrogen-bond donors (Lipinski definition) is 9. The van der Waals surface area contributed by atoms with Crippen molar-refractivity contribution in [3.63, 3.8) is 0 Å². The average molecular weight is 348 g/mol. The van der Waals surface area contributed by atoms with Gasteiger partial charge in [-0.3, -0.25) is 0 Å². The molecule has 0 saturated heterocycles. The molecular formula is C12H24N6O6. The number of nitrogens with zero attached hydrogens (tertiary/aromatic N) is 3. The van der Waals surface area contributed by atoms with E-state index in [2.05, 4.69) is 30.9 Å². The van der Waals surface area contributed by atoms with Gasteiger partial charge in [-0.15, -0.1) is 0 Å². The second kappa shape index (κ2) is 10.9. The van der Waals surface area contributed by atoms with Gasteiger partial charge in [-0.05, 0) is 0 Å². The molecule has 0 saturated carbocycles. The summed E-state index contributed by atoms with van der Waals surface area (Å²) in [5.41, 5.74) is 0. The highest BCUT2D eigenvalue weighted by atomic mass is 16.3. The summed E-state index contributed by atoms with van der Waals surface area (Å²) in [5, 5.41) is 62.7. The maximum absolute atomic E-state index is 9.11. The smallest absolute Gasteiger partial charge is 0.229 e.